The van der Waals surface area contributed by atoms with Crippen LogP contribution in [0, 0.1) is 11.8 Å². The van der Waals surface area contributed by atoms with E-state index in [1.807, 2.05) is 12.1 Å². The zero-order chi connectivity index (χ0) is 19.4. The van der Waals surface area contributed by atoms with E-state index in [2.05, 4.69) is 5.32 Å². The molecule has 1 atom stereocenters. The minimum atomic E-state index is -0.887. The zero-order valence-electron chi connectivity index (χ0n) is 15.8. The summed E-state index contributed by atoms with van der Waals surface area (Å²) in [7, 11) is 0. The van der Waals surface area contributed by atoms with Crippen LogP contribution in [0.3, 0.4) is 0 Å². The largest absolute Gasteiger partial charge is 0.481 e. The molecule has 0 radical (unpaired) electrons. The Labute approximate surface area is 159 Å². The molecule has 2 aliphatic rings. The van der Waals surface area contributed by atoms with Gasteiger partial charge in [-0.2, -0.15) is 0 Å². The summed E-state index contributed by atoms with van der Waals surface area (Å²) in [6, 6.07) is 7.40. The summed E-state index contributed by atoms with van der Waals surface area (Å²) in [6.07, 6.45) is 6.09. The minimum absolute atomic E-state index is 0.118. The highest BCUT2D eigenvalue weighted by Gasteiger charge is 2.34. The van der Waals surface area contributed by atoms with Crippen molar-refractivity contribution in [3.05, 3.63) is 35.4 Å². The fourth-order valence-corrected chi connectivity index (χ4v) is 3.61. The highest BCUT2D eigenvalue weighted by atomic mass is 16.4. The first kappa shape index (κ1) is 19.4. The van der Waals surface area contributed by atoms with Crippen molar-refractivity contribution in [2.45, 2.75) is 58.0 Å². The number of carbonyl (C=O) groups is 3. The van der Waals surface area contributed by atoms with Gasteiger partial charge in [0.2, 0.25) is 5.91 Å². The van der Waals surface area contributed by atoms with Gasteiger partial charge in [0.05, 0.1) is 5.92 Å². The summed E-state index contributed by atoms with van der Waals surface area (Å²) < 4.78 is 0. The molecular formula is C21H28N2O4. The molecule has 0 bridgehead atoms. The molecule has 1 aromatic rings. The van der Waals surface area contributed by atoms with Crippen LogP contribution < -0.4 is 5.32 Å². The van der Waals surface area contributed by atoms with Crippen LogP contribution in [0.15, 0.2) is 24.3 Å². The van der Waals surface area contributed by atoms with E-state index >= 15 is 0 Å². The first-order chi connectivity index (χ1) is 13.0. The number of carboxylic acids is 1. The first-order valence-electron chi connectivity index (χ1n) is 9.86. The van der Waals surface area contributed by atoms with Crippen LogP contribution >= 0.6 is 0 Å². The maximum atomic E-state index is 12.8. The summed E-state index contributed by atoms with van der Waals surface area (Å²) in [5, 5.41) is 12.1. The fourth-order valence-electron chi connectivity index (χ4n) is 3.61. The van der Waals surface area contributed by atoms with Gasteiger partial charge in [0.1, 0.15) is 0 Å². The number of hydrogen-bond acceptors (Lipinski definition) is 3. The Balaban J connectivity index is 1.57. The molecule has 146 valence electrons. The van der Waals surface area contributed by atoms with Crippen LogP contribution in [0.4, 0.5) is 0 Å². The normalized spacial score (nSPS) is 18.1. The van der Waals surface area contributed by atoms with Crippen molar-refractivity contribution in [2.24, 2.45) is 11.8 Å². The molecule has 2 aliphatic carbocycles. The smallest absolute Gasteiger partial charge is 0.308 e. The third-order valence-corrected chi connectivity index (χ3v) is 5.53. The van der Waals surface area contributed by atoms with Gasteiger partial charge < -0.3 is 15.3 Å². The number of nitrogens with one attached hydrogen (secondary N) is 1. The number of rotatable bonds is 8. The van der Waals surface area contributed by atoms with E-state index in [4.69, 9.17) is 5.11 Å². The predicted octanol–water partition coefficient (Wildman–Crippen LogP) is 2.82. The molecule has 2 saturated carbocycles. The van der Waals surface area contributed by atoms with Gasteiger partial charge in [-0.25, -0.2) is 0 Å². The molecule has 2 amide bonds. The number of amides is 2. The molecule has 3 rings (SSSR count). The van der Waals surface area contributed by atoms with Crippen molar-refractivity contribution in [1.82, 2.24) is 10.2 Å². The number of benzene rings is 1. The number of aliphatic carboxylic acids is 1. The van der Waals surface area contributed by atoms with Gasteiger partial charge in [-0.3, -0.25) is 14.4 Å². The predicted molar refractivity (Wildman–Crippen MR) is 101 cm³/mol. The topological polar surface area (TPSA) is 86.7 Å². The molecule has 1 aromatic carbocycles. The number of hydrogen-bond donors (Lipinski definition) is 2. The van der Waals surface area contributed by atoms with Gasteiger partial charge >= 0.3 is 5.97 Å². The van der Waals surface area contributed by atoms with Gasteiger partial charge in [0.15, 0.2) is 0 Å². The lowest BCUT2D eigenvalue weighted by molar-refractivity contribution is -0.141. The maximum absolute atomic E-state index is 12.8. The Hall–Kier alpha value is -2.37. The summed E-state index contributed by atoms with van der Waals surface area (Å²) in [5.41, 5.74) is 1.51. The van der Waals surface area contributed by atoms with Crippen LogP contribution in [-0.2, 0) is 16.1 Å². The van der Waals surface area contributed by atoms with Gasteiger partial charge in [-0.15, -0.1) is 0 Å². The molecule has 2 fully saturated rings. The van der Waals surface area contributed by atoms with Crippen LogP contribution in [0.2, 0.25) is 0 Å². The quantitative estimate of drug-likeness (QED) is 0.735. The molecule has 27 heavy (non-hydrogen) atoms. The summed E-state index contributed by atoms with van der Waals surface area (Å²) >= 11 is 0. The summed E-state index contributed by atoms with van der Waals surface area (Å²) in [6.45, 7) is 2.32. The lowest BCUT2D eigenvalue weighted by Crippen LogP contribution is -2.38. The molecule has 6 heteroatoms. The van der Waals surface area contributed by atoms with E-state index in [9.17, 15) is 14.4 Å². The lowest BCUT2D eigenvalue weighted by Gasteiger charge is -2.24. The van der Waals surface area contributed by atoms with E-state index in [1.54, 1.807) is 24.0 Å². The van der Waals surface area contributed by atoms with E-state index in [1.165, 1.54) is 0 Å². The van der Waals surface area contributed by atoms with Crippen molar-refractivity contribution >= 4 is 17.8 Å². The molecule has 0 aromatic heterocycles. The Morgan fingerprint density at radius 2 is 1.74 bits per heavy atom. The average Bonchev–Trinajstić information content (AvgIpc) is 3.36. The highest BCUT2D eigenvalue weighted by Crippen LogP contribution is 2.29. The van der Waals surface area contributed by atoms with Crippen molar-refractivity contribution < 1.29 is 19.5 Å². The van der Waals surface area contributed by atoms with E-state index in [0.29, 0.717) is 12.1 Å². The monoisotopic (exact) mass is 372 g/mol. The Morgan fingerprint density at radius 1 is 1.11 bits per heavy atom. The SMILES string of the molecule is CC(CN(C(=O)c1ccc(CNC(=O)C2CCCC2)cc1)C1CC1)C(=O)O. The Bertz CT molecular complexity index is 691. The van der Waals surface area contributed by atoms with Crippen molar-refractivity contribution in [3.8, 4) is 0 Å². The number of carboxylic acid groups (broad SMARTS) is 1. The van der Waals surface area contributed by atoms with E-state index < -0.39 is 11.9 Å². The number of nitrogens with zero attached hydrogens (tertiary/aromatic N) is 1. The first-order valence-corrected chi connectivity index (χ1v) is 9.86. The second kappa shape index (κ2) is 8.55. The average molecular weight is 372 g/mol. The molecule has 0 heterocycles. The van der Waals surface area contributed by atoms with Gasteiger partial charge in [0.25, 0.3) is 5.91 Å². The second-order valence-corrected chi connectivity index (χ2v) is 7.82. The van der Waals surface area contributed by atoms with Crippen LogP contribution in [0.1, 0.15) is 61.4 Å². The molecule has 6 nitrogen and oxygen atoms in total. The molecule has 0 aliphatic heterocycles. The third kappa shape index (κ3) is 5.08. The summed E-state index contributed by atoms with van der Waals surface area (Å²) in [4.78, 5) is 37.7. The van der Waals surface area contributed by atoms with Crippen molar-refractivity contribution in [3.63, 3.8) is 0 Å². The number of carbonyl (C=O) groups excluding carboxylic acids is 2. The summed E-state index contributed by atoms with van der Waals surface area (Å²) in [5.74, 6) is -1.32. The fraction of sp³-hybridized carbons (Fsp3) is 0.571. The molecule has 0 saturated heterocycles. The Kier molecular flexibility index (Phi) is 6.14. The van der Waals surface area contributed by atoms with Crippen molar-refractivity contribution in [2.75, 3.05) is 6.54 Å². The van der Waals surface area contributed by atoms with Crippen molar-refractivity contribution in [1.29, 1.82) is 0 Å². The van der Waals surface area contributed by atoms with Gasteiger partial charge in [0, 0.05) is 30.6 Å². The molecule has 2 N–H and O–H groups in total. The van der Waals surface area contributed by atoms with Gasteiger partial charge in [-0.1, -0.05) is 31.9 Å². The highest BCUT2D eigenvalue weighted by molar-refractivity contribution is 5.95. The zero-order valence-corrected chi connectivity index (χ0v) is 15.8. The third-order valence-electron chi connectivity index (χ3n) is 5.53. The Morgan fingerprint density at radius 3 is 2.30 bits per heavy atom. The molecule has 1 unspecified atom stereocenters. The van der Waals surface area contributed by atoms with E-state index in [0.717, 1.165) is 44.1 Å². The van der Waals surface area contributed by atoms with Gasteiger partial charge in [-0.05, 0) is 43.4 Å². The maximum Gasteiger partial charge on any atom is 0.308 e. The molecular weight excluding hydrogens is 344 g/mol. The van der Waals surface area contributed by atoms with Crippen LogP contribution in [-0.4, -0.2) is 40.4 Å². The van der Waals surface area contributed by atoms with Crippen LogP contribution in [0.5, 0.6) is 0 Å². The lowest BCUT2D eigenvalue weighted by atomic mass is 10.1. The molecule has 0 spiro atoms. The van der Waals surface area contributed by atoms with E-state index in [-0.39, 0.29) is 30.3 Å². The second-order valence-electron chi connectivity index (χ2n) is 7.82. The standard InChI is InChI=1S/C21H28N2O4/c1-14(21(26)27)13-23(18-10-11-18)20(25)17-8-6-15(7-9-17)12-22-19(24)16-4-2-3-5-16/h6-9,14,16,18H,2-5,10-13H2,1H3,(H,22,24)(H,26,27). The minimum Gasteiger partial charge on any atom is -0.481 e. The van der Waals surface area contributed by atoms with Crippen LogP contribution in [0.25, 0.3) is 0 Å².